The molecule has 11 heavy (non-hydrogen) atoms. The van der Waals surface area contributed by atoms with Gasteiger partial charge in [-0.3, -0.25) is 0 Å². The molecule has 0 bridgehead atoms. The van der Waals surface area contributed by atoms with E-state index < -0.39 is 13.4 Å². The zero-order valence-electron chi connectivity index (χ0n) is 5.10. The zero-order chi connectivity index (χ0) is 9.00. The summed E-state index contributed by atoms with van der Waals surface area (Å²) in [5, 5.41) is 0. The molecule has 6 nitrogen and oxygen atoms in total. The van der Waals surface area contributed by atoms with E-state index >= 15 is 0 Å². The standard InChI is InChI=1S/2H3O3PS.Zn/c2*1-4(2,3)5;/h2*(H3,1,2,3,5);. The van der Waals surface area contributed by atoms with Crippen LogP contribution < -0.4 is 0 Å². The van der Waals surface area contributed by atoms with Crippen molar-refractivity contribution in [3.05, 3.63) is 0 Å². The Balaban J connectivity index is -0.000000107. The fourth-order valence-electron chi connectivity index (χ4n) is 0. The Hall–Kier alpha value is 1.68. The third-order valence-corrected chi connectivity index (χ3v) is 0. The maximum Gasteiger partial charge on any atom is 0.319 e. The minimum Gasteiger partial charge on any atom is -0.325 e. The van der Waals surface area contributed by atoms with E-state index in [0.717, 1.165) is 0 Å². The van der Waals surface area contributed by atoms with Crippen molar-refractivity contribution >= 4 is 37.1 Å². The van der Waals surface area contributed by atoms with Gasteiger partial charge in [0.15, 0.2) is 0 Å². The van der Waals surface area contributed by atoms with Crippen molar-refractivity contribution in [1.29, 1.82) is 0 Å². The number of hydrogen-bond donors (Lipinski definition) is 6. The predicted molar refractivity (Wildman–Crippen MR) is 41.9 cm³/mol. The van der Waals surface area contributed by atoms with Gasteiger partial charge < -0.3 is 29.4 Å². The molecule has 0 radical (unpaired) electrons. The molecule has 0 unspecified atom stereocenters. The molecule has 0 aliphatic carbocycles. The van der Waals surface area contributed by atoms with Gasteiger partial charge >= 0.3 is 13.4 Å². The predicted octanol–water partition coefficient (Wildman–Crippen LogP) is -1.63. The third kappa shape index (κ3) is 387. The summed E-state index contributed by atoms with van der Waals surface area (Å²) >= 11 is 7.21. The van der Waals surface area contributed by atoms with Crippen LogP contribution >= 0.6 is 13.4 Å². The Bertz CT molecular complexity index is 131. The van der Waals surface area contributed by atoms with E-state index in [4.69, 9.17) is 29.4 Å². The van der Waals surface area contributed by atoms with E-state index in [1.165, 1.54) is 0 Å². The van der Waals surface area contributed by atoms with Crippen molar-refractivity contribution in [2.24, 2.45) is 0 Å². The van der Waals surface area contributed by atoms with Crippen molar-refractivity contribution in [1.82, 2.24) is 0 Å². The van der Waals surface area contributed by atoms with E-state index in [1.54, 1.807) is 0 Å². The zero-order valence-corrected chi connectivity index (χ0v) is 11.5. The van der Waals surface area contributed by atoms with Gasteiger partial charge in [-0.2, -0.15) is 0 Å². The second-order valence-corrected chi connectivity index (χ2v) is 6.02. The fourth-order valence-corrected chi connectivity index (χ4v) is 0. The van der Waals surface area contributed by atoms with Gasteiger partial charge in [-0.15, -0.1) is 0 Å². The molecule has 0 saturated heterocycles. The maximum absolute atomic E-state index is 7.56. The SMILES string of the molecule is OP(O)(O)=S.OP(O)(O)=S.[Zn]. The quantitative estimate of drug-likeness (QED) is 0.233. The fraction of sp³-hybridized carbons (Fsp3) is 0. The molecule has 0 aliphatic rings. The third-order valence-electron chi connectivity index (χ3n) is 0. The first-order chi connectivity index (χ1) is 4.00. The smallest absolute Gasteiger partial charge is 0.319 e. The maximum atomic E-state index is 7.56. The first kappa shape index (κ1) is 18.5. The van der Waals surface area contributed by atoms with E-state index in [1.807, 2.05) is 0 Å². The Morgan fingerprint density at radius 1 is 0.636 bits per heavy atom. The van der Waals surface area contributed by atoms with Crippen molar-refractivity contribution in [3.8, 4) is 0 Å². The average Bonchev–Trinajstić information content (AvgIpc) is 1.12. The summed E-state index contributed by atoms with van der Waals surface area (Å²) in [5.74, 6) is 0. The molecule has 0 aromatic carbocycles. The van der Waals surface area contributed by atoms with E-state index in [9.17, 15) is 0 Å². The average molecular weight is 294 g/mol. The summed E-state index contributed by atoms with van der Waals surface area (Å²) in [6.07, 6.45) is 0. The van der Waals surface area contributed by atoms with Crippen molar-refractivity contribution in [2.45, 2.75) is 0 Å². The largest absolute Gasteiger partial charge is 0.325 e. The van der Waals surface area contributed by atoms with Crippen LogP contribution in [0.2, 0.25) is 0 Å². The minimum atomic E-state index is -3.81. The molecular weight excluding hydrogens is 287 g/mol. The molecule has 0 aromatic rings. The summed E-state index contributed by atoms with van der Waals surface area (Å²) in [5.41, 5.74) is 0. The molecule has 0 spiro atoms. The molecule has 0 atom stereocenters. The minimum absolute atomic E-state index is 0. The molecule has 0 fully saturated rings. The van der Waals surface area contributed by atoms with Crippen LogP contribution in [0.5, 0.6) is 0 Å². The Morgan fingerprint density at radius 3 is 0.636 bits per heavy atom. The summed E-state index contributed by atoms with van der Waals surface area (Å²) in [7, 11) is 0. The van der Waals surface area contributed by atoms with Crippen LogP contribution in [0, 0.1) is 0 Å². The topological polar surface area (TPSA) is 121 Å². The van der Waals surface area contributed by atoms with Crippen LogP contribution in [0.15, 0.2) is 0 Å². The van der Waals surface area contributed by atoms with Crippen LogP contribution in [0.4, 0.5) is 0 Å². The molecule has 0 rings (SSSR count). The molecule has 0 aliphatic heterocycles. The van der Waals surface area contributed by atoms with Crippen molar-refractivity contribution < 1.29 is 48.8 Å². The van der Waals surface area contributed by atoms with Gasteiger partial charge in [0.25, 0.3) is 0 Å². The second kappa shape index (κ2) is 7.12. The van der Waals surface area contributed by atoms with Gasteiger partial charge in [0.05, 0.1) is 0 Å². The molecule has 66 valence electrons. The summed E-state index contributed by atoms with van der Waals surface area (Å²) in [6.45, 7) is -7.61. The van der Waals surface area contributed by atoms with Crippen LogP contribution in [0.3, 0.4) is 0 Å². The molecule has 0 amide bonds. The van der Waals surface area contributed by atoms with Gasteiger partial charge in [-0.05, 0) is 23.6 Å². The summed E-state index contributed by atoms with van der Waals surface area (Å²) < 4.78 is 0. The monoisotopic (exact) mass is 292 g/mol. The summed E-state index contributed by atoms with van der Waals surface area (Å²) in [6, 6.07) is 0. The number of rotatable bonds is 0. The Labute approximate surface area is 85.8 Å². The Morgan fingerprint density at radius 2 is 0.636 bits per heavy atom. The van der Waals surface area contributed by atoms with E-state index in [-0.39, 0.29) is 19.5 Å². The summed E-state index contributed by atoms with van der Waals surface area (Å²) in [4.78, 5) is 45.3. The van der Waals surface area contributed by atoms with Crippen LogP contribution in [0.1, 0.15) is 0 Å². The molecule has 0 aromatic heterocycles. The first-order valence-electron chi connectivity index (χ1n) is 1.57. The molecular formula is H6O6P2S2Zn. The van der Waals surface area contributed by atoms with Gasteiger partial charge in [0.2, 0.25) is 0 Å². The van der Waals surface area contributed by atoms with Crippen LogP contribution in [-0.2, 0) is 43.1 Å². The van der Waals surface area contributed by atoms with Gasteiger partial charge in [0.1, 0.15) is 0 Å². The van der Waals surface area contributed by atoms with Crippen LogP contribution in [-0.4, -0.2) is 29.4 Å². The molecule has 0 saturated carbocycles. The van der Waals surface area contributed by atoms with Crippen molar-refractivity contribution in [2.75, 3.05) is 0 Å². The number of hydrogen-bond acceptors (Lipinski definition) is 2. The molecule has 6 N–H and O–H groups in total. The van der Waals surface area contributed by atoms with Gasteiger partial charge in [0, 0.05) is 19.5 Å². The molecule has 0 heterocycles. The normalized spacial score (nSPS) is 10.7. The van der Waals surface area contributed by atoms with Gasteiger partial charge in [-0.25, -0.2) is 0 Å². The molecule has 11 heteroatoms. The van der Waals surface area contributed by atoms with Crippen LogP contribution in [0.25, 0.3) is 0 Å². The first-order valence-corrected chi connectivity index (χ1v) is 6.89. The van der Waals surface area contributed by atoms with Crippen molar-refractivity contribution in [3.63, 3.8) is 0 Å². The Kier molecular flexibility index (Phi) is 12.0. The second-order valence-electron chi connectivity index (χ2n) is 1.03. The van der Waals surface area contributed by atoms with E-state index in [0.29, 0.717) is 0 Å². The van der Waals surface area contributed by atoms with E-state index in [2.05, 4.69) is 23.6 Å². The van der Waals surface area contributed by atoms with Gasteiger partial charge in [-0.1, -0.05) is 0 Å².